The molecule has 1 fully saturated rings. The molecule has 25 heavy (non-hydrogen) atoms. The van der Waals surface area contributed by atoms with Crippen molar-refractivity contribution in [2.75, 3.05) is 18.6 Å². The highest BCUT2D eigenvalue weighted by molar-refractivity contribution is 6.33. The van der Waals surface area contributed by atoms with Crippen molar-refractivity contribution in [1.29, 1.82) is 0 Å². The zero-order valence-electron chi connectivity index (χ0n) is 13.5. The van der Waals surface area contributed by atoms with E-state index in [0.717, 1.165) is 0 Å². The first-order chi connectivity index (χ1) is 12.0. The van der Waals surface area contributed by atoms with Crippen LogP contribution in [0.4, 0.5) is 10.1 Å². The minimum atomic E-state index is -0.695. The summed E-state index contributed by atoms with van der Waals surface area (Å²) >= 11 is 5.90. The number of carbonyl (C=O) groups excluding carboxylic acids is 2. The van der Waals surface area contributed by atoms with E-state index in [1.54, 1.807) is 36.3 Å². The molecule has 1 aliphatic rings. The maximum atomic E-state index is 13.8. The van der Waals surface area contributed by atoms with Crippen molar-refractivity contribution in [2.45, 2.75) is 12.5 Å². The van der Waals surface area contributed by atoms with Gasteiger partial charge in [-0.1, -0.05) is 23.7 Å². The van der Waals surface area contributed by atoms with Gasteiger partial charge in [0.05, 0.1) is 23.7 Å². The summed E-state index contributed by atoms with van der Waals surface area (Å²) in [4.78, 5) is 26.1. The number of nitrogens with one attached hydrogen (secondary N) is 1. The molecule has 0 saturated carbocycles. The van der Waals surface area contributed by atoms with Crippen molar-refractivity contribution in [2.24, 2.45) is 0 Å². The molecule has 0 aliphatic carbocycles. The highest BCUT2D eigenvalue weighted by Gasteiger charge is 2.32. The molecular formula is C18H16ClFN2O3. The number of hydrogen-bond acceptors (Lipinski definition) is 3. The van der Waals surface area contributed by atoms with Gasteiger partial charge >= 0.3 is 0 Å². The highest BCUT2D eigenvalue weighted by Crippen LogP contribution is 2.26. The Morgan fingerprint density at radius 3 is 2.80 bits per heavy atom. The first kappa shape index (κ1) is 17.2. The minimum absolute atomic E-state index is 0.0338. The first-order valence-corrected chi connectivity index (χ1v) is 8.06. The molecule has 0 radical (unpaired) electrons. The smallest absolute Gasteiger partial charge is 0.256 e. The predicted octanol–water partition coefficient (Wildman–Crippen LogP) is 3.02. The molecule has 1 atom stereocenters. The fourth-order valence-corrected chi connectivity index (χ4v) is 3.05. The first-order valence-electron chi connectivity index (χ1n) is 7.69. The molecule has 5 nitrogen and oxygen atoms in total. The van der Waals surface area contributed by atoms with Crippen LogP contribution in [0, 0.1) is 5.82 Å². The van der Waals surface area contributed by atoms with E-state index in [1.165, 1.54) is 18.2 Å². The number of anilines is 1. The lowest BCUT2D eigenvalue weighted by molar-refractivity contribution is -0.117. The van der Waals surface area contributed by atoms with Crippen molar-refractivity contribution in [3.63, 3.8) is 0 Å². The standard InChI is InChI=1S/C18H16ClFN2O3/c1-25-13-5-2-4-12(9-13)22-10-11(8-16(22)23)21-18(24)17-14(19)6-3-7-15(17)20/h2-7,9,11H,8,10H2,1H3,(H,21,24). The van der Waals surface area contributed by atoms with Crippen molar-refractivity contribution >= 4 is 29.1 Å². The molecule has 1 unspecified atom stereocenters. The zero-order chi connectivity index (χ0) is 18.0. The number of nitrogens with zero attached hydrogens (tertiary/aromatic N) is 1. The number of amides is 2. The molecule has 2 amide bonds. The molecule has 7 heteroatoms. The largest absolute Gasteiger partial charge is 0.497 e. The molecule has 1 aliphatic heterocycles. The van der Waals surface area contributed by atoms with Gasteiger partial charge in [-0.3, -0.25) is 9.59 Å². The van der Waals surface area contributed by atoms with Gasteiger partial charge in [0.25, 0.3) is 5.91 Å². The second-order valence-corrected chi connectivity index (χ2v) is 6.08. The van der Waals surface area contributed by atoms with Crippen molar-refractivity contribution in [1.82, 2.24) is 5.32 Å². The highest BCUT2D eigenvalue weighted by atomic mass is 35.5. The van der Waals surface area contributed by atoms with Crippen LogP contribution in [-0.2, 0) is 4.79 Å². The summed E-state index contributed by atoms with van der Waals surface area (Å²) in [6.45, 7) is 0.295. The summed E-state index contributed by atoms with van der Waals surface area (Å²) in [5.41, 5.74) is 0.474. The van der Waals surface area contributed by atoms with Crippen LogP contribution < -0.4 is 15.0 Å². The molecule has 2 aromatic carbocycles. The summed E-state index contributed by atoms with van der Waals surface area (Å²) in [5, 5.41) is 2.71. The molecule has 1 saturated heterocycles. The summed E-state index contributed by atoms with van der Waals surface area (Å²) in [5.74, 6) is -0.818. The van der Waals surface area contributed by atoms with Crippen LogP contribution in [0.25, 0.3) is 0 Å². The summed E-state index contributed by atoms with van der Waals surface area (Å²) in [6.07, 6.45) is 0.134. The Balaban J connectivity index is 1.73. The second-order valence-electron chi connectivity index (χ2n) is 5.68. The lowest BCUT2D eigenvalue weighted by atomic mass is 10.1. The van der Waals surface area contributed by atoms with Crippen molar-refractivity contribution in [3.8, 4) is 5.75 Å². The number of halogens is 2. The van der Waals surface area contributed by atoms with Gasteiger partial charge in [-0.15, -0.1) is 0 Å². The molecule has 3 rings (SSSR count). The van der Waals surface area contributed by atoms with Crippen LogP contribution in [0.15, 0.2) is 42.5 Å². The van der Waals surface area contributed by atoms with Crippen molar-refractivity contribution in [3.05, 3.63) is 58.9 Å². The number of rotatable bonds is 4. The van der Waals surface area contributed by atoms with Gasteiger partial charge in [0.2, 0.25) is 5.91 Å². The molecule has 0 bridgehead atoms. The van der Waals surface area contributed by atoms with Crippen LogP contribution in [0.2, 0.25) is 5.02 Å². The SMILES string of the molecule is COc1cccc(N2CC(NC(=O)c3c(F)cccc3Cl)CC2=O)c1. The summed E-state index contributed by atoms with van der Waals surface area (Å²) in [7, 11) is 1.55. The quantitative estimate of drug-likeness (QED) is 0.909. The maximum absolute atomic E-state index is 13.8. The Hall–Kier alpha value is -2.60. The van der Waals surface area contributed by atoms with E-state index < -0.39 is 17.8 Å². The average molecular weight is 363 g/mol. The van der Waals surface area contributed by atoms with E-state index in [-0.39, 0.29) is 22.9 Å². The van der Waals surface area contributed by atoms with Crippen LogP contribution >= 0.6 is 11.6 Å². The van der Waals surface area contributed by atoms with E-state index >= 15 is 0 Å². The van der Waals surface area contributed by atoms with Crippen LogP contribution in [-0.4, -0.2) is 31.5 Å². The Morgan fingerprint density at radius 1 is 1.32 bits per heavy atom. The second kappa shape index (κ2) is 7.11. The van der Waals surface area contributed by atoms with E-state index in [0.29, 0.717) is 18.0 Å². The van der Waals surface area contributed by atoms with E-state index in [9.17, 15) is 14.0 Å². The number of carbonyl (C=O) groups is 2. The molecule has 2 aromatic rings. The van der Waals surface area contributed by atoms with Gasteiger partial charge in [0.15, 0.2) is 0 Å². The predicted molar refractivity (Wildman–Crippen MR) is 92.6 cm³/mol. The van der Waals surface area contributed by atoms with Gasteiger partial charge in [-0.2, -0.15) is 0 Å². The van der Waals surface area contributed by atoms with Crippen LogP contribution in [0.3, 0.4) is 0 Å². The topological polar surface area (TPSA) is 58.6 Å². The Kier molecular flexibility index (Phi) is 4.90. The zero-order valence-corrected chi connectivity index (χ0v) is 14.2. The van der Waals surface area contributed by atoms with Gasteiger partial charge in [-0.05, 0) is 24.3 Å². The third kappa shape index (κ3) is 3.58. The third-order valence-electron chi connectivity index (χ3n) is 4.02. The van der Waals surface area contributed by atoms with Gasteiger partial charge < -0.3 is 15.0 Å². The Morgan fingerprint density at radius 2 is 2.08 bits per heavy atom. The normalized spacial score (nSPS) is 16.8. The number of benzene rings is 2. The molecule has 130 valence electrons. The van der Waals surface area contributed by atoms with E-state index in [2.05, 4.69) is 5.32 Å². The molecular weight excluding hydrogens is 347 g/mol. The van der Waals surface area contributed by atoms with Crippen LogP contribution in [0.1, 0.15) is 16.8 Å². The van der Waals surface area contributed by atoms with Crippen molar-refractivity contribution < 1.29 is 18.7 Å². The molecule has 1 N–H and O–H groups in total. The van der Waals surface area contributed by atoms with Gasteiger partial charge in [-0.25, -0.2) is 4.39 Å². The fraction of sp³-hybridized carbons (Fsp3) is 0.222. The number of methoxy groups -OCH3 is 1. The minimum Gasteiger partial charge on any atom is -0.497 e. The van der Waals surface area contributed by atoms with E-state index in [4.69, 9.17) is 16.3 Å². The van der Waals surface area contributed by atoms with Gasteiger partial charge in [0, 0.05) is 24.7 Å². The average Bonchev–Trinajstić information content (AvgIpc) is 2.95. The maximum Gasteiger partial charge on any atom is 0.256 e. The number of ether oxygens (including phenoxy) is 1. The van der Waals surface area contributed by atoms with E-state index in [1.807, 2.05) is 0 Å². The van der Waals surface area contributed by atoms with Crippen LogP contribution in [0.5, 0.6) is 5.75 Å². The number of hydrogen-bond donors (Lipinski definition) is 1. The Bertz CT molecular complexity index is 807. The monoisotopic (exact) mass is 362 g/mol. The van der Waals surface area contributed by atoms with Gasteiger partial charge in [0.1, 0.15) is 11.6 Å². The molecule has 0 spiro atoms. The Labute approximate surface area is 149 Å². The summed E-state index contributed by atoms with van der Waals surface area (Å²) in [6, 6.07) is 10.7. The molecule has 1 heterocycles. The fourth-order valence-electron chi connectivity index (χ4n) is 2.80. The molecule has 0 aromatic heterocycles. The lowest BCUT2D eigenvalue weighted by Crippen LogP contribution is -2.37. The third-order valence-corrected chi connectivity index (χ3v) is 4.33. The summed E-state index contributed by atoms with van der Waals surface area (Å²) < 4.78 is 19.0. The lowest BCUT2D eigenvalue weighted by Gasteiger charge is -2.18.